The largest absolute Gasteiger partial charge is 0.452 e. The number of esters is 1. The number of carbonyl (C=O) groups is 2. The molecule has 1 amide bonds. The lowest BCUT2D eigenvalue weighted by Crippen LogP contribution is -2.30. The molecule has 0 bridgehead atoms. The van der Waals surface area contributed by atoms with Crippen LogP contribution in [0.1, 0.15) is 18.3 Å². The molecule has 8 heteroatoms. The lowest BCUT2D eigenvalue weighted by atomic mass is 10.2. The fraction of sp³-hybridized carbons (Fsp3) is 0.238. The van der Waals surface area contributed by atoms with Crippen molar-refractivity contribution < 1.29 is 14.3 Å². The van der Waals surface area contributed by atoms with Crippen LogP contribution in [0.2, 0.25) is 0 Å². The van der Waals surface area contributed by atoms with E-state index in [-0.39, 0.29) is 11.7 Å². The summed E-state index contributed by atoms with van der Waals surface area (Å²) in [7, 11) is 0. The molecule has 3 rings (SSSR count). The molecule has 0 aliphatic rings. The second-order valence-electron chi connectivity index (χ2n) is 6.38. The van der Waals surface area contributed by atoms with Gasteiger partial charge >= 0.3 is 5.97 Å². The number of ether oxygens (including phenoxy) is 1. The third-order valence-electron chi connectivity index (χ3n) is 4.12. The van der Waals surface area contributed by atoms with Crippen LogP contribution in [0, 0.1) is 6.92 Å². The smallest absolute Gasteiger partial charge is 0.317 e. The molecule has 1 atom stereocenters. The Hall–Kier alpha value is -3.13. The highest BCUT2D eigenvalue weighted by Crippen LogP contribution is 2.19. The molecule has 1 aromatic heterocycles. The SMILES string of the molecule is Cc1nnc(SCC(=O)O[C@H](C)C(=O)Nc2ccccc2)n1Cc1ccccc1. The number of benzene rings is 2. The first-order chi connectivity index (χ1) is 14.0. The molecular weight excluding hydrogens is 388 g/mol. The summed E-state index contributed by atoms with van der Waals surface area (Å²) in [6, 6.07) is 19.0. The lowest BCUT2D eigenvalue weighted by Gasteiger charge is -2.13. The average molecular weight is 410 g/mol. The molecule has 3 aromatic rings. The molecule has 1 N–H and O–H groups in total. The van der Waals surface area contributed by atoms with E-state index in [1.165, 1.54) is 11.8 Å². The fourth-order valence-corrected chi connectivity index (χ4v) is 3.36. The number of hydrogen-bond acceptors (Lipinski definition) is 6. The molecule has 1 heterocycles. The normalized spacial score (nSPS) is 11.7. The van der Waals surface area contributed by atoms with Gasteiger partial charge in [0, 0.05) is 5.69 Å². The van der Waals surface area contributed by atoms with Crippen LogP contribution in [0.15, 0.2) is 65.8 Å². The van der Waals surface area contributed by atoms with Gasteiger partial charge in [-0.1, -0.05) is 60.3 Å². The Bertz CT molecular complexity index is 961. The van der Waals surface area contributed by atoms with E-state index in [2.05, 4.69) is 15.5 Å². The maximum Gasteiger partial charge on any atom is 0.317 e. The van der Waals surface area contributed by atoms with E-state index >= 15 is 0 Å². The van der Waals surface area contributed by atoms with Crippen molar-refractivity contribution in [3.63, 3.8) is 0 Å². The van der Waals surface area contributed by atoms with Gasteiger partial charge in [-0.25, -0.2) is 0 Å². The maximum atomic E-state index is 12.2. The summed E-state index contributed by atoms with van der Waals surface area (Å²) in [6.07, 6.45) is -0.896. The highest BCUT2D eigenvalue weighted by Gasteiger charge is 2.19. The van der Waals surface area contributed by atoms with Gasteiger partial charge in [-0.2, -0.15) is 0 Å². The van der Waals surface area contributed by atoms with Crippen LogP contribution in [-0.2, 0) is 20.9 Å². The zero-order valence-corrected chi connectivity index (χ0v) is 17.1. The number of thioether (sulfide) groups is 1. The van der Waals surface area contributed by atoms with Crippen LogP contribution in [0.5, 0.6) is 0 Å². The molecule has 0 aliphatic heterocycles. The minimum Gasteiger partial charge on any atom is -0.452 e. The monoisotopic (exact) mass is 410 g/mol. The summed E-state index contributed by atoms with van der Waals surface area (Å²) in [5.41, 5.74) is 1.77. The molecule has 150 valence electrons. The van der Waals surface area contributed by atoms with E-state index in [0.29, 0.717) is 17.4 Å². The number of aromatic nitrogens is 3. The standard InChI is InChI=1S/C21H22N4O3S/c1-15(20(27)22-18-11-7-4-8-12-18)28-19(26)14-29-21-24-23-16(2)25(21)13-17-9-5-3-6-10-17/h3-12,15H,13-14H2,1-2H3,(H,22,27)/t15-/m1/s1. The van der Waals surface area contributed by atoms with Crippen LogP contribution in [-0.4, -0.2) is 38.5 Å². The van der Waals surface area contributed by atoms with Crippen LogP contribution in [0.25, 0.3) is 0 Å². The van der Waals surface area contributed by atoms with E-state index in [4.69, 9.17) is 4.74 Å². The van der Waals surface area contributed by atoms with Gasteiger partial charge in [-0.05, 0) is 31.5 Å². The highest BCUT2D eigenvalue weighted by molar-refractivity contribution is 7.99. The predicted octanol–water partition coefficient (Wildman–Crippen LogP) is 3.30. The van der Waals surface area contributed by atoms with E-state index in [9.17, 15) is 9.59 Å². The minimum absolute atomic E-state index is 0.0376. The van der Waals surface area contributed by atoms with Crippen LogP contribution in [0.4, 0.5) is 5.69 Å². The molecule has 29 heavy (non-hydrogen) atoms. The molecule has 0 spiro atoms. The molecule has 0 saturated carbocycles. The number of carbonyl (C=O) groups excluding carboxylic acids is 2. The number of rotatable bonds is 8. The van der Waals surface area contributed by atoms with Crippen molar-refractivity contribution in [2.24, 2.45) is 0 Å². The van der Waals surface area contributed by atoms with Gasteiger partial charge in [-0.15, -0.1) is 10.2 Å². The maximum absolute atomic E-state index is 12.2. The number of hydrogen-bond donors (Lipinski definition) is 1. The zero-order valence-electron chi connectivity index (χ0n) is 16.2. The third kappa shape index (κ3) is 5.92. The van der Waals surface area contributed by atoms with Crippen molar-refractivity contribution in [1.29, 1.82) is 0 Å². The third-order valence-corrected chi connectivity index (χ3v) is 5.06. The summed E-state index contributed by atoms with van der Waals surface area (Å²) < 4.78 is 7.19. The van der Waals surface area contributed by atoms with Gasteiger partial charge in [0.2, 0.25) is 0 Å². The number of nitrogens with zero attached hydrogens (tertiary/aromatic N) is 3. The predicted molar refractivity (Wildman–Crippen MR) is 112 cm³/mol. The summed E-state index contributed by atoms with van der Waals surface area (Å²) in [6.45, 7) is 4.03. The molecule has 0 aliphatic carbocycles. The quantitative estimate of drug-likeness (QED) is 0.453. The van der Waals surface area contributed by atoms with Gasteiger partial charge in [-0.3, -0.25) is 9.59 Å². The van der Waals surface area contributed by atoms with Crippen LogP contribution >= 0.6 is 11.8 Å². The summed E-state index contributed by atoms with van der Waals surface area (Å²) in [5.74, 6) is -0.0637. The van der Waals surface area contributed by atoms with Gasteiger partial charge < -0.3 is 14.6 Å². The summed E-state index contributed by atoms with van der Waals surface area (Å²) in [4.78, 5) is 24.3. The number of amides is 1. The van der Waals surface area contributed by atoms with Gasteiger partial charge in [0.1, 0.15) is 5.82 Å². The van der Waals surface area contributed by atoms with E-state index in [0.717, 1.165) is 11.4 Å². The Morgan fingerprint density at radius 3 is 2.41 bits per heavy atom. The van der Waals surface area contributed by atoms with Gasteiger partial charge in [0.25, 0.3) is 5.91 Å². The van der Waals surface area contributed by atoms with Gasteiger partial charge in [0.15, 0.2) is 11.3 Å². The zero-order chi connectivity index (χ0) is 20.6. The Kier molecular flexibility index (Phi) is 7.02. The average Bonchev–Trinajstić information content (AvgIpc) is 3.07. The number of anilines is 1. The Morgan fingerprint density at radius 1 is 1.07 bits per heavy atom. The topological polar surface area (TPSA) is 86.1 Å². The molecular formula is C21H22N4O3S. The van der Waals surface area contributed by atoms with Crippen molar-refractivity contribution in [1.82, 2.24) is 14.8 Å². The minimum atomic E-state index is -0.896. The van der Waals surface area contributed by atoms with Crippen molar-refractivity contribution in [3.8, 4) is 0 Å². The van der Waals surface area contributed by atoms with Gasteiger partial charge in [0.05, 0.1) is 12.3 Å². The number of nitrogens with one attached hydrogen (secondary N) is 1. The Morgan fingerprint density at radius 2 is 1.72 bits per heavy atom. The molecule has 0 saturated heterocycles. The molecule has 0 unspecified atom stereocenters. The summed E-state index contributed by atoms with van der Waals surface area (Å²) >= 11 is 1.24. The lowest BCUT2D eigenvalue weighted by molar-refractivity contribution is -0.150. The fourth-order valence-electron chi connectivity index (χ4n) is 2.59. The molecule has 0 radical (unpaired) electrons. The van der Waals surface area contributed by atoms with Crippen LogP contribution < -0.4 is 5.32 Å². The van der Waals surface area contributed by atoms with Crippen molar-refractivity contribution in [3.05, 3.63) is 72.1 Å². The first-order valence-corrected chi connectivity index (χ1v) is 10.1. The molecule has 2 aromatic carbocycles. The van der Waals surface area contributed by atoms with E-state index in [1.54, 1.807) is 19.1 Å². The van der Waals surface area contributed by atoms with Crippen molar-refractivity contribution in [2.75, 3.05) is 11.1 Å². The second kappa shape index (κ2) is 9.88. The van der Waals surface area contributed by atoms with Crippen molar-refractivity contribution in [2.45, 2.75) is 31.7 Å². The first kappa shape index (κ1) is 20.6. The van der Waals surface area contributed by atoms with Crippen molar-refractivity contribution >= 4 is 29.3 Å². The Labute approximate surface area is 173 Å². The van der Waals surface area contributed by atoms with E-state index < -0.39 is 12.1 Å². The summed E-state index contributed by atoms with van der Waals surface area (Å²) in [5, 5.41) is 11.6. The Balaban J connectivity index is 1.52. The van der Waals surface area contributed by atoms with Crippen LogP contribution in [0.3, 0.4) is 0 Å². The number of aryl methyl sites for hydroxylation is 1. The second-order valence-corrected chi connectivity index (χ2v) is 7.32. The van der Waals surface area contributed by atoms with E-state index in [1.807, 2.05) is 60.0 Å². The first-order valence-electron chi connectivity index (χ1n) is 9.15. The molecule has 7 nitrogen and oxygen atoms in total. The highest BCUT2D eigenvalue weighted by atomic mass is 32.2. The molecule has 0 fully saturated rings. The number of para-hydroxylation sites is 1.